The molecule has 0 bridgehead atoms. The van der Waals surface area contributed by atoms with Gasteiger partial charge in [0.1, 0.15) is 39.3 Å². The first-order valence-corrected chi connectivity index (χ1v) is 7.58. The van der Waals surface area contributed by atoms with E-state index in [1.807, 2.05) is 0 Å². The van der Waals surface area contributed by atoms with Gasteiger partial charge in [-0.1, -0.05) is 0 Å². The van der Waals surface area contributed by atoms with Gasteiger partial charge in [-0.15, -0.1) is 0 Å². The molecule has 8 heteroatoms. The lowest BCUT2D eigenvalue weighted by molar-refractivity contribution is -0.917. The van der Waals surface area contributed by atoms with Gasteiger partial charge in [0.25, 0.3) is 0 Å². The molecule has 136 valence electrons. The third-order valence-electron chi connectivity index (χ3n) is 4.38. The van der Waals surface area contributed by atoms with Crippen LogP contribution in [-0.2, 0) is 9.47 Å². The molecule has 22 heavy (non-hydrogen) atoms. The third kappa shape index (κ3) is 9.47. The highest BCUT2D eigenvalue weighted by Crippen LogP contribution is 2.06. The van der Waals surface area contributed by atoms with Gasteiger partial charge in [-0.3, -0.25) is 0 Å². The van der Waals surface area contributed by atoms with Gasteiger partial charge >= 0.3 is 0 Å². The number of likely N-dealkylation sites (N-methyl/N-ethyl adjacent to an activating group) is 2. The van der Waals surface area contributed by atoms with Gasteiger partial charge in [0, 0.05) is 0 Å². The number of hydrogen-bond donors (Lipinski definition) is 2. The lowest BCUT2D eigenvalue weighted by Gasteiger charge is -2.36. The van der Waals surface area contributed by atoms with Crippen molar-refractivity contribution in [2.75, 3.05) is 93.0 Å². The number of morpholine rings is 2. The van der Waals surface area contributed by atoms with E-state index < -0.39 is 0 Å². The molecular formula is C14H32Cl2N2O4. The molecule has 2 N–H and O–H groups in total. The Morgan fingerprint density at radius 2 is 0.955 bits per heavy atom. The van der Waals surface area contributed by atoms with Crippen molar-refractivity contribution in [2.24, 2.45) is 0 Å². The summed E-state index contributed by atoms with van der Waals surface area (Å²) in [7, 11) is 4.33. The number of aliphatic hydroxyl groups is 2. The number of quaternary nitrogens is 2. The number of halogens is 2. The Balaban J connectivity index is 0. The molecule has 0 saturated carbocycles. The zero-order chi connectivity index (χ0) is 14.9. The van der Waals surface area contributed by atoms with E-state index in [9.17, 15) is 0 Å². The van der Waals surface area contributed by atoms with E-state index in [1.165, 1.54) is 0 Å². The monoisotopic (exact) mass is 362 g/mol. The van der Waals surface area contributed by atoms with Crippen molar-refractivity contribution in [3.8, 4) is 0 Å². The molecule has 2 rings (SSSR count). The normalized spacial score (nSPS) is 22.4. The van der Waals surface area contributed by atoms with E-state index in [4.69, 9.17) is 19.7 Å². The molecule has 0 amide bonds. The maximum absolute atomic E-state index is 8.73. The lowest BCUT2D eigenvalue weighted by atomic mass is 10.3. The number of nitrogens with zero attached hydrogens (tertiary/aromatic N) is 2. The van der Waals surface area contributed by atoms with Gasteiger partial charge in [-0.2, -0.15) is 0 Å². The van der Waals surface area contributed by atoms with E-state index in [-0.39, 0.29) is 38.0 Å². The van der Waals surface area contributed by atoms with Crippen LogP contribution in [0, 0.1) is 0 Å². The summed E-state index contributed by atoms with van der Waals surface area (Å²) in [4.78, 5) is 0. The number of hydrogen-bond acceptors (Lipinski definition) is 4. The van der Waals surface area contributed by atoms with E-state index in [0.717, 1.165) is 74.7 Å². The fraction of sp³-hybridized carbons (Fsp3) is 1.00. The highest BCUT2D eigenvalue weighted by atomic mass is 35.5. The molecule has 2 saturated heterocycles. The summed E-state index contributed by atoms with van der Waals surface area (Å²) in [5.41, 5.74) is 0. The first kappa shape index (κ1) is 24.6. The van der Waals surface area contributed by atoms with E-state index in [0.29, 0.717) is 0 Å². The molecule has 6 nitrogen and oxygen atoms in total. The van der Waals surface area contributed by atoms with Crippen LogP contribution in [0.2, 0.25) is 0 Å². The highest BCUT2D eigenvalue weighted by molar-refractivity contribution is 4.46. The second kappa shape index (κ2) is 12.7. The smallest absolute Gasteiger partial charge is 0.102 e. The largest absolute Gasteiger partial charge is 1.00 e. The predicted octanol–water partition coefficient (Wildman–Crippen LogP) is -7.08. The Morgan fingerprint density at radius 1 is 0.682 bits per heavy atom. The van der Waals surface area contributed by atoms with Crippen LogP contribution in [0.3, 0.4) is 0 Å². The van der Waals surface area contributed by atoms with Crippen LogP contribution in [0.15, 0.2) is 0 Å². The maximum Gasteiger partial charge on any atom is 0.102 e. The van der Waals surface area contributed by atoms with Crippen LogP contribution in [0.25, 0.3) is 0 Å². The van der Waals surface area contributed by atoms with E-state index in [1.54, 1.807) is 0 Å². The van der Waals surface area contributed by atoms with Crippen molar-refractivity contribution in [3.63, 3.8) is 0 Å². The Kier molecular flexibility index (Phi) is 14.2. The van der Waals surface area contributed by atoms with Crippen LogP contribution in [0.4, 0.5) is 0 Å². The highest BCUT2D eigenvalue weighted by Gasteiger charge is 2.24. The SMILES string of the molecule is C[N+]1(CCO)CCOCC1.C[N+]1(CCO)CCOCC1.[Cl-].[Cl-]. The molecule has 0 aromatic carbocycles. The molecule has 2 aliphatic rings. The lowest BCUT2D eigenvalue weighted by Crippen LogP contribution is -3.00. The third-order valence-corrected chi connectivity index (χ3v) is 4.38. The van der Waals surface area contributed by atoms with Crippen molar-refractivity contribution in [2.45, 2.75) is 0 Å². The summed E-state index contributed by atoms with van der Waals surface area (Å²) in [5, 5.41) is 17.5. The van der Waals surface area contributed by atoms with Crippen LogP contribution >= 0.6 is 0 Å². The molecular weight excluding hydrogens is 331 g/mol. The maximum atomic E-state index is 8.73. The van der Waals surface area contributed by atoms with Gasteiger partial charge in [0.05, 0.1) is 53.7 Å². The minimum atomic E-state index is 0. The molecule has 2 fully saturated rings. The average Bonchev–Trinajstić information content (AvgIpc) is 2.41. The fourth-order valence-corrected chi connectivity index (χ4v) is 2.50. The number of rotatable bonds is 4. The van der Waals surface area contributed by atoms with Gasteiger partial charge in [-0.05, 0) is 0 Å². The van der Waals surface area contributed by atoms with Crippen molar-refractivity contribution in [3.05, 3.63) is 0 Å². The molecule has 0 unspecified atom stereocenters. The molecule has 0 spiro atoms. The van der Waals surface area contributed by atoms with E-state index >= 15 is 0 Å². The van der Waals surface area contributed by atoms with Gasteiger partial charge < -0.3 is 53.5 Å². The quantitative estimate of drug-likeness (QED) is 0.488. The van der Waals surface area contributed by atoms with Crippen molar-refractivity contribution in [1.82, 2.24) is 0 Å². The zero-order valence-corrected chi connectivity index (χ0v) is 15.4. The van der Waals surface area contributed by atoms with Crippen LogP contribution in [0.5, 0.6) is 0 Å². The fourth-order valence-electron chi connectivity index (χ4n) is 2.50. The zero-order valence-electron chi connectivity index (χ0n) is 13.8. The Morgan fingerprint density at radius 3 is 1.18 bits per heavy atom. The Labute approximate surface area is 147 Å². The van der Waals surface area contributed by atoms with Crippen LogP contribution in [0.1, 0.15) is 0 Å². The number of aliphatic hydroxyl groups excluding tert-OH is 2. The molecule has 0 radical (unpaired) electrons. The summed E-state index contributed by atoms with van der Waals surface area (Å²) in [6, 6.07) is 0. The van der Waals surface area contributed by atoms with E-state index in [2.05, 4.69) is 14.1 Å². The number of ether oxygens (including phenoxy) is 2. The second-order valence-corrected chi connectivity index (χ2v) is 6.25. The summed E-state index contributed by atoms with van der Waals surface area (Å²) < 4.78 is 12.4. The van der Waals surface area contributed by atoms with Gasteiger partial charge in [0.15, 0.2) is 0 Å². The summed E-state index contributed by atoms with van der Waals surface area (Å²) in [6.07, 6.45) is 0. The standard InChI is InChI=1S/2C7H16NO2.2ClH/c2*1-8(2-5-9)3-6-10-7-4-8;;/h2*9H,2-7H2,1H3;2*1H/q2*+1;;/p-2. The van der Waals surface area contributed by atoms with Crippen LogP contribution in [-0.4, -0.2) is 112 Å². The minimum absolute atomic E-state index is 0. The first-order chi connectivity index (χ1) is 9.54. The van der Waals surface area contributed by atoms with Crippen LogP contribution < -0.4 is 24.8 Å². The second-order valence-electron chi connectivity index (χ2n) is 6.25. The summed E-state index contributed by atoms with van der Waals surface area (Å²) in [6.45, 7) is 9.85. The molecule has 0 aliphatic carbocycles. The first-order valence-electron chi connectivity index (χ1n) is 7.58. The van der Waals surface area contributed by atoms with Crippen molar-refractivity contribution >= 4 is 0 Å². The van der Waals surface area contributed by atoms with Crippen molar-refractivity contribution in [1.29, 1.82) is 0 Å². The van der Waals surface area contributed by atoms with Gasteiger partial charge in [0.2, 0.25) is 0 Å². The average molecular weight is 363 g/mol. The summed E-state index contributed by atoms with van der Waals surface area (Å²) in [5.74, 6) is 0. The minimum Gasteiger partial charge on any atom is -1.00 e. The van der Waals surface area contributed by atoms with Gasteiger partial charge in [-0.25, -0.2) is 0 Å². The predicted molar refractivity (Wildman–Crippen MR) is 77.4 cm³/mol. The molecule has 0 aromatic rings. The summed E-state index contributed by atoms with van der Waals surface area (Å²) >= 11 is 0. The topological polar surface area (TPSA) is 58.9 Å². The Hall–Kier alpha value is 0.340. The Bertz CT molecular complexity index is 224. The molecule has 2 heterocycles. The van der Waals surface area contributed by atoms with Crippen molar-refractivity contribution < 1.29 is 53.5 Å². The molecule has 2 aliphatic heterocycles. The molecule has 0 atom stereocenters. The molecule has 0 aromatic heterocycles.